The predicted octanol–water partition coefficient (Wildman–Crippen LogP) is 4.39. The highest BCUT2D eigenvalue weighted by atomic mass is 16.7. The molecule has 2 atom stereocenters. The first-order chi connectivity index (χ1) is 11.6. The van der Waals surface area contributed by atoms with Crippen molar-refractivity contribution in [1.82, 2.24) is 0 Å². The van der Waals surface area contributed by atoms with Crippen LogP contribution in [0.15, 0.2) is 47.1 Å². The van der Waals surface area contributed by atoms with E-state index in [2.05, 4.69) is 26.0 Å². The highest BCUT2D eigenvalue weighted by molar-refractivity contribution is 5.86. The Morgan fingerprint density at radius 1 is 1.12 bits per heavy atom. The van der Waals surface area contributed by atoms with Gasteiger partial charge < -0.3 is 18.6 Å². The van der Waals surface area contributed by atoms with E-state index in [1.54, 1.807) is 19.1 Å². The monoisotopic (exact) mass is 332 g/mol. The second-order valence-corrected chi connectivity index (χ2v) is 5.55. The second-order valence-electron chi connectivity index (χ2n) is 5.55. The molecule has 0 aliphatic carbocycles. The van der Waals surface area contributed by atoms with Crippen LogP contribution >= 0.6 is 0 Å². The van der Waals surface area contributed by atoms with E-state index in [0.717, 1.165) is 12.2 Å². The van der Waals surface area contributed by atoms with Gasteiger partial charge in [-0.1, -0.05) is 26.0 Å². The van der Waals surface area contributed by atoms with E-state index in [4.69, 9.17) is 18.6 Å². The van der Waals surface area contributed by atoms with Gasteiger partial charge >= 0.3 is 5.97 Å². The zero-order chi connectivity index (χ0) is 17.4. The Kier molecular flexibility index (Phi) is 6.88. The normalized spacial score (nSPS) is 13.3. The Labute approximate surface area is 142 Å². The van der Waals surface area contributed by atoms with Gasteiger partial charge in [-0.25, -0.2) is 4.79 Å². The number of hydrogen-bond donors (Lipinski definition) is 0. The quantitative estimate of drug-likeness (QED) is 0.387. The maximum Gasteiger partial charge on any atom is 0.374 e. The van der Waals surface area contributed by atoms with Gasteiger partial charge in [0.15, 0.2) is 6.29 Å². The lowest BCUT2D eigenvalue weighted by Gasteiger charge is -2.16. The van der Waals surface area contributed by atoms with Crippen LogP contribution < -0.4 is 4.74 Å². The van der Waals surface area contributed by atoms with Crippen molar-refractivity contribution < 1.29 is 23.4 Å². The molecule has 0 spiro atoms. The maximum atomic E-state index is 11.6. The molecule has 0 saturated heterocycles. The molecule has 1 heterocycles. The number of carbonyl (C=O) groups is 1. The fourth-order valence-electron chi connectivity index (χ4n) is 2.15. The number of ether oxygens (including phenoxy) is 3. The Hall–Kier alpha value is -2.27. The summed E-state index contributed by atoms with van der Waals surface area (Å²) in [7, 11) is 0. The van der Waals surface area contributed by atoms with Crippen LogP contribution in [0.2, 0.25) is 0 Å². The first kappa shape index (κ1) is 18.1. The highest BCUT2D eigenvalue weighted by Gasteiger charge is 2.10. The zero-order valence-electron chi connectivity index (χ0n) is 14.4. The number of carbonyl (C=O) groups excluding carboxylic acids is 1. The van der Waals surface area contributed by atoms with Crippen molar-refractivity contribution in [2.75, 3.05) is 13.2 Å². The molecule has 0 N–H and O–H groups in total. The Morgan fingerprint density at radius 3 is 2.50 bits per heavy atom. The number of rotatable bonds is 9. The molecule has 0 saturated carbocycles. The largest absolute Gasteiger partial charge is 0.465 e. The molecule has 1 aromatic carbocycles. The molecular formula is C19H24O5. The van der Waals surface area contributed by atoms with Gasteiger partial charge in [0.2, 0.25) is 5.76 Å². The molecule has 24 heavy (non-hydrogen) atoms. The van der Waals surface area contributed by atoms with Crippen molar-refractivity contribution >= 4 is 5.97 Å². The third kappa shape index (κ3) is 5.42. The van der Waals surface area contributed by atoms with Gasteiger partial charge in [-0.2, -0.15) is 0 Å². The van der Waals surface area contributed by atoms with Crippen LogP contribution in [0.5, 0.6) is 5.75 Å². The van der Waals surface area contributed by atoms with Gasteiger partial charge in [0.25, 0.3) is 0 Å². The van der Waals surface area contributed by atoms with Crippen LogP contribution in [0.3, 0.4) is 0 Å². The lowest BCUT2D eigenvalue weighted by molar-refractivity contribution is -0.0786. The summed E-state index contributed by atoms with van der Waals surface area (Å²) in [5.41, 5.74) is 1.29. The van der Waals surface area contributed by atoms with Crippen molar-refractivity contribution in [3.8, 4) is 5.75 Å². The van der Waals surface area contributed by atoms with Gasteiger partial charge in [-0.3, -0.25) is 0 Å². The highest BCUT2D eigenvalue weighted by Crippen LogP contribution is 2.22. The molecular weight excluding hydrogens is 308 g/mol. The van der Waals surface area contributed by atoms with Gasteiger partial charge in [0, 0.05) is 0 Å². The third-order valence-corrected chi connectivity index (χ3v) is 3.75. The van der Waals surface area contributed by atoms with Gasteiger partial charge in [-0.05, 0) is 49.1 Å². The Bertz CT molecular complexity index is 603. The lowest BCUT2D eigenvalue weighted by atomic mass is 9.99. The summed E-state index contributed by atoms with van der Waals surface area (Å²) in [4.78, 5) is 11.6. The van der Waals surface area contributed by atoms with E-state index in [9.17, 15) is 4.79 Å². The molecule has 5 nitrogen and oxygen atoms in total. The standard InChI is InChI=1S/C19H24O5/c1-4-14(2)16-7-9-17(10-8-16)24-15(3)21-12-13-23-19(20)18-6-5-11-22-18/h5-11,14-15H,4,12-13H2,1-3H3. The minimum absolute atomic E-state index is 0.139. The van der Waals surface area contributed by atoms with Crippen molar-refractivity contribution in [3.05, 3.63) is 54.0 Å². The molecule has 0 aliphatic rings. The molecule has 130 valence electrons. The molecule has 0 bridgehead atoms. The number of esters is 1. The number of hydrogen-bond acceptors (Lipinski definition) is 5. The summed E-state index contributed by atoms with van der Waals surface area (Å²) in [5, 5.41) is 0. The summed E-state index contributed by atoms with van der Waals surface area (Å²) in [6.45, 7) is 6.56. The number of benzene rings is 1. The average Bonchev–Trinajstić information content (AvgIpc) is 3.13. The van der Waals surface area contributed by atoms with Crippen molar-refractivity contribution in [1.29, 1.82) is 0 Å². The summed E-state index contributed by atoms with van der Waals surface area (Å²) in [6.07, 6.45) is 2.10. The second kappa shape index (κ2) is 9.13. The topological polar surface area (TPSA) is 57.9 Å². The van der Waals surface area contributed by atoms with Crippen LogP contribution in [-0.4, -0.2) is 25.5 Å². The number of furan rings is 1. The van der Waals surface area contributed by atoms with E-state index >= 15 is 0 Å². The van der Waals surface area contributed by atoms with Crippen molar-refractivity contribution in [2.24, 2.45) is 0 Å². The Balaban J connectivity index is 1.67. The van der Waals surface area contributed by atoms with E-state index in [1.165, 1.54) is 11.8 Å². The summed E-state index contributed by atoms with van der Waals surface area (Å²) < 4.78 is 21.1. The van der Waals surface area contributed by atoms with Crippen molar-refractivity contribution in [2.45, 2.75) is 39.4 Å². The Morgan fingerprint density at radius 2 is 1.88 bits per heavy atom. The third-order valence-electron chi connectivity index (χ3n) is 3.75. The summed E-state index contributed by atoms with van der Waals surface area (Å²) in [6, 6.07) is 11.2. The molecule has 2 aromatic rings. The molecule has 0 fully saturated rings. The fourth-order valence-corrected chi connectivity index (χ4v) is 2.15. The first-order valence-electron chi connectivity index (χ1n) is 8.19. The van der Waals surface area contributed by atoms with Crippen LogP contribution in [0, 0.1) is 0 Å². The van der Waals surface area contributed by atoms with E-state index < -0.39 is 12.3 Å². The molecule has 0 amide bonds. The molecule has 0 radical (unpaired) electrons. The minimum Gasteiger partial charge on any atom is -0.465 e. The van der Waals surface area contributed by atoms with E-state index in [0.29, 0.717) is 5.92 Å². The predicted molar refractivity (Wildman–Crippen MR) is 90.2 cm³/mol. The molecule has 5 heteroatoms. The van der Waals surface area contributed by atoms with Crippen LogP contribution in [0.25, 0.3) is 0 Å². The van der Waals surface area contributed by atoms with Gasteiger partial charge in [0.05, 0.1) is 12.9 Å². The van der Waals surface area contributed by atoms with Gasteiger partial charge in [0.1, 0.15) is 12.4 Å². The van der Waals surface area contributed by atoms with E-state index in [-0.39, 0.29) is 19.0 Å². The molecule has 2 unspecified atom stereocenters. The zero-order valence-corrected chi connectivity index (χ0v) is 14.4. The van der Waals surface area contributed by atoms with Crippen LogP contribution in [0.1, 0.15) is 49.2 Å². The minimum atomic E-state index is -0.502. The first-order valence-corrected chi connectivity index (χ1v) is 8.19. The van der Waals surface area contributed by atoms with Crippen LogP contribution in [0.4, 0.5) is 0 Å². The fraction of sp³-hybridized carbons (Fsp3) is 0.421. The molecule has 2 rings (SSSR count). The SMILES string of the molecule is CCC(C)c1ccc(OC(C)OCCOC(=O)c2ccco2)cc1. The lowest BCUT2D eigenvalue weighted by Crippen LogP contribution is -2.20. The van der Waals surface area contributed by atoms with Crippen molar-refractivity contribution in [3.63, 3.8) is 0 Å². The molecule has 1 aromatic heterocycles. The van der Waals surface area contributed by atoms with Gasteiger partial charge in [-0.15, -0.1) is 0 Å². The summed E-state index contributed by atoms with van der Waals surface area (Å²) in [5.74, 6) is 0.970. The van der Waals surface area contributed by atoms with E-state index in [1.807, 2.05) is 12.1 Å². The van der Waals surface area contributed by atoms with Crippen LogP contribution in [-0.2, 0) is 9.47 Å². The smallest absolute Gasteiger partial charge is 0.374 e. The average molecular weight is 332 g/mol. The summed E-state index contributed by atoms with van der Waals surface area (Å²) >= 11 is 0. The molecule has 0 aliphatic heterocycles. The maximum absolute atomic E-state index is 11.6.